The number of fused-ring (bicyclic) bond motifs is 2. The summed E-state index contributed by atoms with van der Waals surface area (Å²) in [6.07, 6.45) is 2.10. The van der Waals surface area contributed by atoms with Crippen molar-refractivity contribution in [3.05, 3.63) is 53.9 Å². The molecule has 0 bridgehead atoms. The van der Waals surface area contributed by atoms with Crippen molar-refractivity contribution in [3.63, 3.8) is 0 Å². The van der Waals surface area contributed by atoms with Gasteiger partial charge in [-0.3, -0.25) is 4.90 Å². The lowest BCUT2D eigenvalue weighted by molar-refractivity contribution is 0.336. The third kappa shape index (κ3) is 2.97. The number of likely N-dealkylation sites (tertiary alicyclic amines) is 1. The summed E-state index contributed by atoms with van der Waals surface area (Å²) in [4.78, 5) is 10.5. The van der Waals surface area contributed by atoms with Gasteiger partial charge in [-0.2, -0.15) is 5.10 Å². The van der Waals surface area contributed by atoms with E-state index in [0.717, 1.165) is 42.0 Å². The van der Waals surface area contributed by atoms with Gasteiger partial charge >= 0.3 is 0 Å². The van der Waals surface area contributed by atoms with Gasteiger partial charge in [0.25, 0.3) is 0 Å². The van der Waals surface area contributed by atoms with E-state index in [1.165, 1.54) is 24.0 Å². The smallest absolute Gasteiger partial charge is 0.151 e. The molecule has 1 aromatic carbocycles. The van der Waals surface area contributed by atoms with Crippen molar-refractivity contribution in [3.8, 4) is 0 Å². The fraction of sp³-hybridized carbons (Fsp3) is 0.455. The predicted octanol–water partition coefficient (Wildman–Crippen LogP) is 2.61. The molecular formula is C22H28N6. The zero-order valence-electron chi connectivity index (χ0n) is 16.8. The Balaban J connectivity index is 1.41. The number of nitrogens with one attached hydrogen (secondary N) is 1. The Morgan fingerprint density at radius 3 is 2.43 bits per heavy atom. The highest BCUT2D eigenvalue weighted by Gasteiger charge is 2.39. The number of para-hydroxylation sites is 1. The summed E-state index contributed by atoms with van der Waals surface area (Å²) < 4.78 is 0. The lowest BCUT2D eigenvalue weighted by atomic mass is 10.0. The largest absolute Gasteiger partial charge is 0.361 e. The van der Waals surface area contributed by atoms with Gasteiger partial charge in [0, 0.05) is 48.8 Å². The zero-order valence-corrected chi connectivity index (χ0v) is 16.8. The van der Waals surface area contributed by atoms with Crippen LogP contribution in [-0.2, 0) is 0 Å². The molecular weight excluding hydrogens is 348 g/mol. The van der Waals surface area contributed by atoms with Crippen LogP contribution in [0.1, 0.15) is 17.3 Å². The summed E-state index contributed by atoms with van der Waals surface area (Å²) in [5.74, 6) is 2.55. The third-order valence-corrected chi connectivity index (χ3v) is 6.38. The van der Waals surface area contributed by atoms with Crippen LogP contribution in [-0.4, -0.2) is 72.3 Å². The minimum atomic E-state index is 0.0734. The van der Waals surface area contributed by atoms with Gasteiger partial charge in [-0.25, -0.2) is 0 Å². The SMILES string of the molecule is CN1CC2CN(c3ccc(C(c4c[nH]c5ccccc45)N(C)C)nn3)CC2C1. The number of anilines is 1. The Kier molecular flexibility index (Phi) is 4.33. The van der Waals surface area contributed by atoms with Crippen LogP contribution in [0.15, 0.2) is 42.6 Å². The number of rotatable bonds is 4. The molecule has 0 aliphatic carbocycles. The summed E-state index contributed by atoms with van der Waals surface area (Å²) in [6, 6.07) is 12.8. The van der Waals surface area contributed by atoms with E-state index < -0.39 is 0 Å². The average Bonchev–Trinajstić information content (AvgIpc) is 3.36. The second kappa shape index (κ2) is 6.87. The quantitative estimate of drug-likeness (QED) is 0.759. The van der Waals surface area contributed by atoms with Crippen molar-refractivity contribution < 1.29 is 0 Å². The van der Waals surface area contributed by atoms with Gasteiger partial charge < -0.3 is 14.8 Å². The molecule has 3 atom stereocenters. The Labute approximate surface area is 166 Å². The molecule has 6 nitrogen and oxygen atoms in total. The highest BCUT2D eigenvalue weighted by molar-refractivity contribution is 5.84. The fourth-order valence-corrected chi connectivity index (χ4v) is 5.09. The second-order valence-electron chi connectivity index (χ2n) is 8.62. The number of nitrogens with zero attached hydrogens (tertiary/aromatic N) is 5. The van der Waals surface area contributed by atoms with E-state index >= 15 is 0 Å². The molecule has 6 heteroatoms. The van der Waals surface area contributed by atoms with Crippen LogP contribution in [0.2, 0.25) is 0 Å². The maximum atomic E-state index is 4.66. The van der Waals surface area contributed by atoms with Gasteiger partial charge in [0.15, 0.2) is 5.82 Å². The predicted molar refractivity (Wildman–Crippen MR) is 113 cm³/mol. The maximum absolute atomic E-state index is 4.66. The van der Waals surface area contributed by atoms with Crippen LogP contribution >= 0.6 is 0 Å². The van der Waals surface area contributed by atoms with Crippen LogP contribution in [0.25, 0.3) is 10.9 Å². The summed E-state index contributed by atoms with van der Waals surface area (Å²) in [7, 11) is 6.42. The molecule has 1 N–H and O–H groups in total. The van der Waals surface area contributed by atoms with Crippen LogP contribution in [0.5, 0.6) is 0 Å². The summed E-state index contributed by atoms with van der Waals surface area (Å²) in [6.45, 7) is 4.61. The molecule has 146 valence electrons. The summed E-state index contributed by atoms with van der Waals surface area (Å²) >= 11 is 0. The molecule has 0 amide bonds. The molecule has 2 saturated heterocycles. The molecule has 28 heavy (non-hydrogen) atoms. The summed E-state index contributed by atoms with van der Waals surface area (Å²) in [5.41, 5.74) is 3.38. The first-order chi connectivity index (χ1) is 13.6. The first-order valence-electron chi connectivity index (χ1n) is 10.1. The standard InChI is InChI=1S/C22H28N6/c1-26(2)22(18-10-23-19-7-5-4-6-17(18)19)20-8-9-21(25-24-20)28-13-15-11-27(3)12-16(15)14-28/h4-10,15-16,22-23H,11-14H2,1-3H3. The molecule has 2 aliphatic heterocycles. The topological polar surface area (TPSA) is 51.3 Å². The average molecular weight is 377 g/mol. The van der Waals surface area contributed by atoms with Gasteiger partial charge in [0.05, 0.1) is 11.7 Å². The molecule has 4 heterocycles. The van der Waals surface area contributed by atoms with Gasteiger partial charge in [-0.1, -0.05) is 18.2 Å². The van der Waals surface area contributed by atoms with Crippen molar-refractivity contribution in [2.75, 3.05) is 52.2 Å². The molecule has 0 radical (unpaired) electrons. The van der Waals surface area contributed by atoms with E-state index in [0.29, 0.717) is 0 Å². The molecule has 5 rings (SSSR count). The fourth-order valence-electron chi connectivity index (χ4n) is 5.09. The van der Waals surface area contributed by atoms with Crippen molar-refractivity contribution >= 4 is 16.7 Å². The van der Waals surface area contributed by atoms with Crippen molar-refractivity contribution in [1.29, 1.82) is 0 Å². The summed E-state index contributed by atoms with van der Waals surface area (Å²) in [5, 5.41) is 10.5. The highest BCUT2D eigenvalue weighted by Crippen LogP contribution is 2.34. The number of H-pyrrole nitrogens is 1. The van der Waals surface area contributed by atoms with Crippen LogP contribution in [0.4, 0.5) is 5.82 Å². The van der Waals surface area contributed by atoms with Crippen molar-refractivity contribution in [2.24, 2.45) is 11.8 Å². The van der Waals surface area contributed by atoms with Gasteiger partial charge in [0.1, 0.15) is 0 Å². The van der Waals surface area contributed by atoms with E-state index in [2.05, 4.69) is 93.6 Å². The maximum Gasteiger partial charge on any atom is 0.151 e. The van der Waals surface area contributed by atoms with Crippen LogP contribution in [0.3, 0.4) is 0 Å². The monoisotopic (exact) mass is 376 g/mol. The lowest BCUT2D eigenvalue weighted by Crippen LogP contribution is -2.28. The van der Waals surface area contributed by atoms with E-state index in [4.69, 9.17) is 0 Å². The Morgan fingerprint density at radius 2 is 1.75 bits per heavy atom. The minimum Gasteiger partial charge on any atom is -0.361 e. The van der Waals surface area contributed by atoms with Crippen molar-refractivity contribution in [1.82, 2.24) is 25.0 Å². The van der Waals surface area contributed by atoms with E-state index in [9.17, 15) is 0 Å². The highest BCUT2D eigenvalue weighted by atomic mass is 15.3. The third-order valence-electron chi connectivity index (χ3n) is 6.38. The number of aromatic amines is 1. The number of benzene rings is 1. The molecule has 2 fully saturated rings. The number of hydrogen-bond donors (Lipinski definition) is 1. The first-order valence-corrected chi connectivity index (χ1v) is 10.1. The number of aromatic nitrogens is 3. The Morgan fingerprint density at radius 1 is 1.00 bits per heavy atom. The molecule has 2 aliphatic rings. The Bertz CT molecular complexity index is 949. The van der Waals surface area contributed by atoms with E-state index in [1.54, 1.807) is 0 Å². The van der Waals surface area contributed by atoms with Gasteiger partial charge in [-0.05, 0) is 51.2 Å². The molecule has 0 spiro atoms. The molecule has 0 saturated carbocycles. The Hall–Kier alpha value is -2.44. The normalized spacial score (nSPS) is 23.6. The molecule has 3 unspecified atom stereocenters. The first kappa shape index (κ1) is 17.6. The van der Waals surface area contributed by atoms with Crippen molar-refractivity contribution in [2.45, 2.75) is 6.04 Å². The van der Waals surface area contributed by atoms with Crippen LogP contribution < -0.4 is 4.90 Å². The zero-order chi connectivity index (χ0) is 19.3. The van der Waals surface area contributed by atoms with E-state index in [-0.39, 0.29) is 6.04 Å². The lowest BCUT2D eigenvalue weighted by Gasteiger charge is -2.24. The molecule has 2 aromatic heterocycles. The second-order valence-corrected chi connectivity index (χ2v) is 8.62. The number of hydrogen-bond acceptors (Lipinski definition) is 5. The van der Waals surface area contributed by atoms with Gasteiger partial charge in [-0.15, -0.1) is 5.10 Å². The van der Waals surface area contributed by atoms with Gasteiger partial charge in [0.2, 0.25) is 0 Å². The van der Waals surface area contributed by atoms with Crippen LogP contribution in [0, 0.1) is 11.8 Å². The van der Waals surface area contributed by atoms with E-state index in [1.807, 2.05) is 0 Å². The minimum absolute atomic E-state index is 0.0734. The molecule has 3 aromatic rings.